The highest BCUT2D eigenvalue weighted by Gasteiger charge is 2.20. The molecule has 0 atom stereocenters. The van der Waals surface area contributed by atoms with Crippen LogP contribution in [-0.2, 0) is 18.3 Å². The van der Waals surface area contributed by atoms with Crippen LogP contribution in [-0.4, -0.2) is 25.8 Å². The molecule has 0 spiro atoms. The molecular weight excluding hydrogens is 548 g/mol. The summed E-state index contributed by atoms with van der Waals surface area (Å²) >= 11 is 4.70. The summed E-state index contributed by atoms with van der Waals surface area (Å²) in [7, 11) is 1.86. The molecule has 5 rings (SSSR count). The van der Waals surface area contributed by atoms with Gasteiger partial charge in [-0.2, -0.15) is 0 Å². The fourth-order valence-electron chi connectivity index (χ4n) is 4.23. The zero-order valence-electron chi connectivity index (χ0n) is 20.4. The molecule has 8 heteroatoms. The van der Waals surface area contributed by atoms with Gasteiger partial charge in [0.05, 0.1) is 17.1 Å². The second kappa shape index (κ2) is 10.8. The van der Waals surface area contributed by atoms with Crippen LogP contribution in [0.25, 0.3) is 27.8 Å². The Morgan fingerprint density at radius 2 is 1.70 bits per heavy atom. The Morgan fingerprint density at radius 3 is 2.41 bits per heavy atom. The lowest BCUT2D eigenvalue weighted by Crippen LogP contribution is -2.24. The quantitative estimate of drug-likeness (QED) is 0.180. The Hall–Kier alpha value is -3.62. The number of rotatable bonds is 7. The van der Waals surface area contributed by atoms with E-state index in [1.54, 1.807) is 4.57 Å². The van der Waals surface area contributed by atoms with Gasteiger partial charge in [0.1, 0.15) is 11.0 Å². The molecule has 2 aromatic heterocycles. The lowest BCUT2D eigenvalue weighted by atomic mass is 10.1. The van der Waals surface area contributed by atoms with Crippen molar-refractivity contribution in [2.45, 2.75) is 18.5 Å². The minimum atomic E-state index is -0.185. The molecule has 0 unspecified atom stereocenters. The van der Waals surface area contributed by atoms with Gasteiger partial charge in [0.15, 0.2) is 5.16 Å². The molecule has 1 N–H and O–H groups in total. The number of para-hydroxylation sites is 1. The molecule has 0 saturated carbocycles. The van der Waals surface area contributed by atoms with Crippen LogP contribution < -0.4 is 10.9 Å². The molecule has 186 valence electrons. The molecule has 0 bridgehead atoms. The third-order valence-corrected chi connectivity index (χ3v) is 7.76. The summed E-state index contributed by atoms with van der Waals surface area (Å²) in [5.41, 5.74) is 5.40. The van der Waals surface area contributed by atoms with Gasteiger partial charge in [-0.05, 0) is 57.7 Å². The smallest absolute Gasteiger partial charge is 0.283 e. The maximum atomic E-state index is 13.9. The van der Waals surface area contributed by atoms with Gasteiger partial charge >= 0.3 is 0 Å². The number of fused-ring (bicyclic) bond motifs is 1. The molecule has 0 aliphatic heterocycles. The number of aryl methyl sites for hydroxylation is 2. The van der Waals surface area contributed by atoms with Crippen LogP contribution in [0.5, 0.6) is 0 Å². The van der Waals surface area contributed by atoms with E-state index >= 15 is 0 Å². The summed E-state index contributed by atoms with van der Waals surface area (Å²) in [5, 5.41) is 3.39. The standard InChI is InChI=1S/C29H25BrN4O2S/c1-3-19-13-15-21(16-14-19)34-28(36)27-26(22(17-33(27)2)20-9-5-4-6-10-20)32-29(34)37-18-25(35)31-24-12-8-7-11-23(24)30/h4-17H,3,18H2,1-2H3,(H,31,35). The number of amides is 1. The lowest BCUT2D eigenvalue weighted by molar-refractivity contribution is -0.113. The number of benzene rings is 3. The first-order valence-corrected chi connectivity index (χ1v) is 13.7. The van der Waals surface area contributed by atoms with Gasteiger partial charge in [0.2, 0.25) is 5.91 Å². The molecule has 3 aromatic carbocycles. The second-order valence-corrected chi connectivity index (χ2v) is 10.4. The second-order valence-electron chi connectivity index (χ2n) is 8.59. The first-order chi connectivity index (χ1) is 18.0. The first-order valence-electron chi connectivity index (χ1n) is 11.9. The van der Waals surface area contributed by atoms with Gasteiger partial charge in [-0.1, -0.05) is 73.3 Å². The Balaban J connectivity index is 1.59. The number of nitrogens with one attached hydrogen (secondary N) is 1. The number of thioether (sulfide) groups is 1. The summed E-state index contributed by atoms with van der Waals surface area (Å²) in [6.07, 6.45) is 2.84. The number of hydrogen-bond acceptors (Lipinski definition) is 4. The Morgan fingerprint density at radius 1 is 1.00 bits per heavy atom. The Kier molecular flexibility index (Phi) is 7.30. The minimum absolute atomic E-state index is 0.0971. The van der Waals surface area contributed by atoms with Crippen LogP contribution in [0.2, 0.25) is 0 Å². The average Bonchev–Trinajstić information content (AvgIpc) is 3.26. The van der Waals surface area contributed by atoms with Crippen molar-refractivity contribution in [1.29, 1.82) is 0 Å². The van der Waals surface area contributed by atoms with Gasteiger partial charge in [-0.25, -0.2) is 4.98 Å². The third kappa shape index (κ3) is 5.12. The van der Waals surface area contributed by atoms with E-state index in [1.807, 2.05) is 96.7 Å². The van der Waals surface area contributed by atoms with Crippen molar-refractivity contribution in [3.05, 3.63) is 105 Å². The van der Waals surface area contributed by atoms with Gasteiger partial charge < -0.3 is 9.88 Å². The molecule has 2 heterocycles. The van der Waals surface area contributed by atoms with Crippen molar-refractivity contribution in [3.63, 3.8) is 0 Å². The highest BCUT2D eigenvalue weighted by atomic mass is 79.9. The maximum absolute atomic E-state index is 13.9. The summed E-state index contributed by atoms with van der Waals surface area (Å²) in [4.78, 5) is 31.7. The van der Waals surface area contributed by atoms with Crippen molar-refractivity contribution in [1.82, 2.24) is 14.1 Å². The largest absolute Gasteiger partial charge is 0.344 e. The van der Waals surface area contributed by atoms with E-state index in [9.17, 15) is 9.59 Å². The van der Waals surface area contributed by atoms with E-state index in [0.29, 0.717) is 27.6 Å². The lowest BCUT2D eigenvalue weighted by Gasteiger charge is -2.14. The number of hydrogen-bond donors (Lipinski definition) is 1. The molecule has 0 fully saturated rings. The Labute approximate surface area is 227 Å². The summed E-state index contributed by atoms with van der Waals surface area (Å²) in [6, 6.07) is 25.2. The number of carbonyl (C=O) groups excluding carboxylic acids is 1. The molecule has 6 nitrogen and oxygen atoms in total. The highest BCUT2D eigenvalue weighted by Crippen LogP contribution is 2.30. The summed E-state index contributed by atoms with van der Waals surface area (Å²) in [6.45, 7) is 2.09. The number of carbonyl (C=O) groups is 1. The predicted molar refractivity (Wildman–Crippen MR) is 155 cm³/mol. The third-order valence-electron chi connectivity index (χ3n) is 6.13. The van der Waals surface area contributed by atoms with Crippen molar-refractivity contribution in [3.8, 4) is 16.8 Å². The van der Waals surface area contributed by atoms with Crippen molar-refractivity contribution in [2.24, 2.45) is 7.05 Å². The van der Waals surface area contributed by atoms with E-state index < -0.39 is 0 Å². The van der Waals surface area contributed by atoms with Crippen LogP contribution in [0.1, 0.15) is 12.5 Å². The van der Waals surface area contributed by atoms with Gasteiger partial charge in [-0.15, -0.1) is 0 Å². The van der Waals surface area contributed by atoms with E-state index in [-0.39, 0.29) is 17.2 Å². The molecule has 1 amide bonds. The number of aromatic nitrogens is 3. The fourth-order valence-corrected chi connectivity index (χ4v) is 5.42. The maximum Gasteiger partial charge on any atom is 0.283 e. The molecular formula is C29H25BrN4O2S. The van der Waals surface area contributed by atoms with E-state index in [1.165, 1.54) is 17.3 Å². The monoisotopic (exact) mass is 572 g/mol. The molecule has 0 aliphatic carbocycles. The molecule has 0 aliphatic rings. The van der Waals surface area contributed by atoms with Crippen LogP contribution in [0.3, 0.4) is 0 Å². The van der Waals surface area contributed by atoms with Crippen molar-refractivity contribution >= 4 is 50.3 Å². The van der Waals surface area contributed by atoms with Gasteiger partial charge in [0, 0.05) is 23.3 Å². The van der Waals surface area contributed by atoms with E-state index in [4.69, 9.17) is 4.98 Å². The number of nitrogens with zero attached hydrogens (tertiary/aromatic N) is 3. The molecule has 37 heavy (non-hydrogen) atoms. The highest BCUT2D eigenvalue weighted by molar-refractivity contribution is 9.10. The van der Waals surface area contributed by atoms with Crippen molar-refractivity contribution in [2.75, 3.05) is 11.1 Å². The summed E-state index contributed by atoms with van der Waals surface area (Å²) in [5.74, 6) is -0.0877. The Bertz CT molecular complexity index is 1640. The molecule has 5 aromatic rings. The average molecular weight is 574 g/mol. The minimum Gasteiger partial charge on any atom is -0.344 e. The van der Waals surface area contributed by atoms with Gasteiger partial charge in [0.25, 0.3) is 5.56 Å². The van der Waals surface area contributed by atoms with E-state index in [2.05, 4.69) is 28.2 Å². The van der Waals surface area contributed by atoms with E-state index in [0.717, 1.165) is 22.0 Å². The molecule has 0 radical (unpaired) electrons. The fraction of sp³-hybridized carbons (Fsp3) is 0.138. The number of anilines is 1. The number of halogens is 1. The van der Waals surface area contributed by atoms with Gasteiger partial charge in [-0.3, -0.25) is 14.2 Å². The predicted octanol–water partition coefficient (Wildman–Crippen LogP) is 6.45. The normalized spacial score (nSPS) is 11.1. The van der Waals surface area contributed by atoms with Crippen LogP contribution in [0.15, 0.2) is 99.5 Å². The molecule has 0 saturated heterocycles. The SMILES string of the molecule is CCc1ccc(-n2c(SCC(=O)Nc3ccccc3Br)nc3c(-c4ccccc4)cn(C)c3c2=O)cc1. The van der Waals surface area contributed by atoms with Crippen LogP contribution in [0.4, 0.5) is 5.69 Å². The topological polar surface area (TPSA) is 68.9 Å². The van der Waals surface area contributed by atoms with Crippen LogP contribution >= 0.6 is 27.7 Å². The van der Waals surface area contributed by atoms with Crippen LogP contribution in [0, 0.1) is 0 Å². The zero-order valence-corrected chi connectivity index (χ0v) is 22.8. The summed E-state index contributed by atoms with van der Waals surface area (Å²) < 4.78 is 4.24. The zero-order chi connectivity index (χ0) is 25.9. The first kappa shape index (κ1) is 25.0. The van der Waals surface area contributed by atoms with Crippen molar-refractivity contribution < 1.29 is 4.79 Å².